The Kier molecular flexibility index (Phi) is 31.0. The normalized spacial score (nSPS) is 19.8. The Hall–Kier alpha value is -2.24. The van der Waals surface area contributed by atoms with Gasteiger partial charge in [0.1, 0.15) is 30.7 Å². The van der Waals surface area contributed by atoms with Gasteiger partial charge >= 0.3 is 33.3 Å². The van der Waals surface area contributed by atoms with E-state index in [1.807, 2.05) is 0 Å². The molecule has 1 aliphatic heterocycles. The summed E-state index contributed by atoms with van der Waals surface area (Å²) in [6.45, 7) is 6.73. The van der Waals surface area contributed by atoms with E-state index in [0.29, 0.717) is 18.8 Å². The summed E-state index contributed by atoms with van der Waals surface area (Å²) >= 11 is 0. The molecule has 18 nitrogen and oxygen atoms in total. The summed E-state index contributed by atoms with van der Waals surface area (Å²) < 4.78 is 56.7. The molecule has 6 N–H and O–H groups in total. The van der Waals surface area contributed by atoms with Crippen molar-refractivity contribution in [3.8, 4) is 0 Å². The number of ether oxygens (including phenoxy) is 3. The lowest BCUT2D eigenvalue weighted by Crippen LogP contribution is -2.36. The highest BCUT2D eigenvalue weighted by atomic mass is 31.3. The van der Waals surface area contributed by atoms with Gasteiger partial charge in [-0.2, -0.15) is 9.29 Å². The highest BCUT2D eigenvalue weighted by molar-refractivity contribution is 7.61. The molecule has 0 aliphatic carbocycles. The molecular weight excluding hydrogens is 896 g/mol. The van der Waals surface area contributed by atoms with Crippen LogP contribution in [0, 0.1) is 11.8 Å². The number of anilines is 1. The molecule has 0 spiro atoms. The average Bonchev–Trinajstić information content (AvgIpc) is 3.52. The number of rotatable bonds is 40. The van der Waals surface area contributed by atoms with Crippen LogP contribution in [0.3, 0.4) is 0 Å². The summed E-state index contributed by atoms with van der Waals surface area (Å²) in [5.41, 5.74) is 4.59. The molecule has 2 rings (SSSR count). The molecule has 1 aromatic rings. The lowest BCUT2D eigenvalue weighted by Gasteiger charge is -2.21. The Morgan fingerprint density at radius 3 is 1.59 bits per heavy atom. The molecular formula is C46H85N3O15P2. The predicted molar refractivity (Wildman–Crippen MR) is 252 cm³/mol. The number of carbonyl (C=O) groups excluding carboxylic acids is 2. The van der Waals surface area contributed by atoms with Gasteiger partial charge in [0.15, 0.2) is 12.3 Å². The third-order valence-electron chi connectivity index (χ3n) is 11.5. The fraction of sp³-hybridized carbons (Fsp3) is 0.870. The molecule has 0 radical (unpaired) electrons. The third kappa shape index (κ3) is 28.3. The molecule has 1 saturated heterocycles. The Balaban J connectivity index is 1.78. The SMILES string of the molecule is CC(C)CCCCCCCCCCCCCCCCC(=O)OC[C@H](COP(=O)(O)OP(=O)(O)OC[C@H]1O[C@@H](n2ccc(N)nc2=O)C(O)[C@H]1O)OC(=O)CCCCCCCCCCC(C)C. The van der Waals surface area contributed by atoms with Crippen LogP contribution < -0.4 is 11.4 Å². The lowest BCUT2D eigenvalue weighted by molar-refractivity contribution is -0.161. The first-order chi connectivity index (χ1) is 31.4. The number of hydrogen-bond donors (Lipinski definition) is 5. The topological polar surface area (TPSA) is 265 Å². The first-order valence-corrected chi connectivity index (χ1v) is 27.8. The predicted octanol–water partition coefficient (Wildman–Crippen LogP) is 9.60. The average molecular weight is 982 g/mol. The van der Waals surface area contributed by atoms with E-state index in [1.54, 1.807) is 0 Å². The molecule has 384 valence electrons. The smallest absolute Gasteiger partial charge is 0.462 e. The fourth-order valence-corrected chi connectivity index (χ4v) is 9.79. The van der Waals surface area contributed by atoms with Crippen LogP contribution in [0.15, 0.2) is 17.1 Å². The minimum absolute atomic E-state index is 0.0542. The molecule has 3 unspecified atom stereocenters. The van der Waals surface area contributed by atoms with Crippen molar-refractivity contribution in [1.29, 1.82) is 0 Å². The number of hydrogen-bond acceptors (Lipinski definition) is 15. The van der Waals surface area contributed by atoms with Crippen molar-refractivity contribution in [2.24, 2.45) is 11.8 Å². The van der Waals surface area contributed by atoms with Crippen molar-refractivity contribution in [3.63, 3.8) is 0 Å². The number of unbranched alkanes of at least 4 members (excludes halogenated alkanes) is 20. The van der Waals surface area contributed by atoms with E-state index >= 15 is 0 Å². The van der Waals surface area contributed by atoms with Crippen molar-refractivity contribution in [1.82, 2.24) is 9.55 Å². The molecule has 7 atom stereocenters. The summed E-state index contributed by atoms with van der Waals surface area (Å²) in [6.07, 6.45) is 20.8. The van der Waals surface area contributed by atoms with Gasteiger partial charge in [0.2, 0.25) is 0 Å². The molecule has 20 heteroatoms. The van der Waals surface area contributed by atoms with Gasteiger partial charge in [-0.15, -0.1) is 0 Å². The number of phosphoric ester groups is 2. The summed E-state index contributed by atoms with van der Waals surface area (Å²) in [5, 5.41) is 20.9. The summed E-state index contributed by atoms with van der Waals surface area (Å²) in [6, 6.07) is 1.25. The van der Waals surface area contributed by atoms with E-state index in [9.17, 15) is 43.5 Å². The molecule has 0 amide bonds. The third-order valence-corrected chi connectivity index (χ3v) is 14.1. The van der Waals surface area contributed by atoms with Gasteiger partial charge in [-0.3, -0.25) is 23.2 Å². The molecule has 1 fully saturated rings. The quantitative estimate of drug-likeness (QED) is 0.0233. The fourth-order valence-electron chi connectivity index (χ4n) is 7.68. The first kappa shape index (κ1) is 59.9. The van der Waals surface area contributed by atoms with E-state index < -0.39 is 83.7 Å². The Labute approximate surface area is 393 Å². The number of nitrogens with two attached hydrogens (primary N) is 1. The van der Waals surface area contributed by atoms with E-state index in [2.05, 4.69) is 37.0 Å². The van der Waals surface area contributed by atoms with Gasteiger partial charge in [0.25, 0.3) is 0 Å². The summed E-state index contributed by atoms with van der Waals surface area (Å²) in [5.74, 6) is 0.227. The van der Waals surface area contributed by atoms with E-state index in [1.165, 1.54) is 102 Å². The number of aliphatic hydroxyl groups excluding tert-OH is 2. The van der Waals surface area contributed by atoms with E-state index in [4.69, 9.17) is 29.0 Å². The number of nitrogens with zero attached hydrogens (tertiary/aromatic N) is 2. The van der Waals surface area contributed by atoms with Gasteiger partial charge in [-0.05, 0) is 30.7 Å². The van der Waals surface area contributed by atoms with Crippen molar-refractivity contribution >= 4 is 33.4 Å². The molecule has 0 saturated carbocycles. The van der Waals surface area contributed by atoms with Crippen LogP contribution in [0.4, 0.5) is 5.82 Å². The van der Waals surface area contributed by atoms with Gasteiger partial charge in [-0.1, -0.05) is 169 Å². The maximum atomic E-state index is 12.8. The van der Waals surface area contributed by atoms with Crippen LogP contribution in [0.25, 0.3) is 0 Å². The molecule has 0 bridgehead atoms. The Morgan fingerprint density at radius 2 is 1.12 bits per heavy atom. The van der Waals surface area contributed by atoms with Crippen molar-refractivity contribution in [3.05, 3.63) is 22.7 Å². The standard InChI is InChI=1S/C46H85N3O15P2/c1-36(2)27-23-19-15-11-9-7-5-6-8-10-12-17-21-25-29-41(50)59-33-38(62-42(51)30-26-22-18-14-13-16-20-24-28-37(3)4)34-60-65(55,56)64-66(57,58)61-35-39-43(52)44(53)45(63-39)49-32-31-40(47)48-46(49)54/h31-32,36-39,43-45,52-53H,5-30,33-35H2,1-4H3,(H,55,56)(H,57,58)(H2,47,48,54)/t38-,39-,43+,44?,45-/m1/s1. The highest BCUT2D eigenvalue weighted by Crippen LogP contribution is 2.60. The zero-order valence-corrected chi connectivity index (χ0v) is 42.1. The van der Waals surface area contributed by atoms with Crippen LogP contribution >= 0.6 is 15.6 Å². The highest BCUT2D eigenvalue weighted by Gasteiger charge is 2.46. The van der Waals surface area contributed by atoms with Gasteiger partial charge in [0, 0.05) is 19.0 Å². The second kappa shape index (κ2) is 34.1. The number of aliphatic hydroxyl groups is 2. The maximum Gasteiger partial charge on any atom is 0.481 e. The largest absolute Gasteiger partial charge is 0.481 e. The number of carbonyl (C=O) groups is 2. The van der Waals surface area contributed by atoms with Gasteiger partial charge in [0.05, 0.1) is 13.2 Å². The second-order valence-corrected chi connectivity index (χ2v) is 21.7. The van der Waals surface area contributed by atoms with Gasteiger partial charge in [-0.25, -0.2) is 13.9 Å². The van der Waals surface area contributed by atoms with Crippen LogP contribution in [0.1, 0.15) is 201 Å². The van der Waals surface area contributed by atoms with Crippen LogP contribution in [0.2, 0.25) is 0 Å². The monoisotopic (exact) mass is 982 g/mol. The minimum atomic E-state index is -5.42. The van der Waals surface area contributed by atoms with E-state index in [-0.39, 0.29) is 18.7 Å². The zero-order valence-electron chi connectivity index (χ0n) is 40.3. The molecule has 1 aliphatic rings. The van der Waals surface area contributed by atoms with Crippen molar-refractivity contribution in [2.45, 2.75) is 225 Å². The lowest BCUT2D eigenvalue weighted by atomic mass is 10.0. The van der Waals surface area contributed by atoms with E-state index in [0.717, 1.165) is 61.9 Å². The van der Waals surface area contributed by atoms with Gasteiger partial charge < -0.3 is 39.9 Å². The minimum Gasteiger partial charge on any atom is -0.462 e. The van der Waals surface area contributed by atoms with Crippen LogP contribution in [-0.2, 0) is 46.3 Å². The summed E-state index contributed by atoms with van der Waals surface area (Å²) in [7, 11) is -10.8. The molecule has 66 heavy (non-hydrogen) atoms. The molecule has 0 aromatic carbocycles. The number of phosphoric acid groups is 2. The Bertz CT molecular complexity index is 1630. The zero-order chi connectivity index (χ0) is 48.8. The van der Waals surface area contributed by atoms with Crippen LogP contribution in [0.5, 0.6) is 0 Å². The first-order valence-electron chi connectivity index (χ1n) is 24.8. The maximum absolute atomic E-state index is 12.8. The number of aromatic nitrogens is 2. The Morgan fingerprint density at radius 1 is 0.682 bits per heavy atom. The molecule has 2 heterocycles. The number of esters is 2. The van der Waals surface area contributed by atoms with Crippen molar-refractivity contribution < 1.29 is 66.3 Å². The molecule has 1 aromatic heterocycles. The second-order valence-electron chi connectivity index (χ2n) is 18.6. The van der Waals surface area contributed by atoms with Crippen molar-refractivity contribution in [2.75, 3.05) is 25.6 Å². The van der Waals surface area contributed by atoms with Crippen LogP contribution in [-0.4, -0.2) is 85.7 Å². The number of nitrogen functional groups attached to an aromatic ring is 1. The summed E-state index contributed by atoms with van der Waals surface area (Å²) in [4.78, 5) is 61.8.